The van der Waals surface area contributed by atoms with Crippen molar-refractivity contribution in [2.75, 3.05) is 18.0 Å². The van der Waals surface area contributed by atoms with Gasteiger partial charge in [-0.25, -0.2) is 4.79 Å². The molecule has 4 heterocycles. The predicted octanol–water partition coefficient (Wildman–Crippen LogP) is 3.84. The first-order valence-electron chi connectivity index (χ1n) is 13.1. The van der Waals surface area contributed by atoms with Gasteiger partial charge in [0.25, 0.3) is 5.91 Å². The number of amides is 3. The fraction of sp³-hybridized carbons (Fsp3) is 0.429. The molecule has 0 aromatic heterocycles. The van der Waals surface area contributed by atoms with Crippen LogP contribution in [0.2, 0.25) is 0 Å². The highest BCUT2D eigenvalue weighted by molar-refractivity contribution is 8.04. The first kappa shape index (κ1) is 24.3. The summed E-state index contributed by atoms with van der Waals surface area (Å²) in [5, 5.41) is 13.4. The fourth-order valence-electron chi connectivity index (χ4n) is 6.00. The second kappa shape index (κ2) is 10.0. The van der Waals surface area contributed by atoms with Gasteiger partial charge in [-0.15, -0.1) is 0 Å². The summed E-state index contributed by atoms with van der Waals surface area (Å²) < 4.78 is 6.00. The number of carbonyl (C=O) groups is 2. The van der Waals surface area contributed by atoms with Crippen molar-refractivity contribution in [3.8, 4) is 11.5 Å². The molecule has 4 aliphatic heterocycles. The summed E-state index contributed by atoms with van der Waals surface area (Å²) in [5.74, 6) is 1.47. The van der Waals surface area contributed by atoms with Crippen molar-refractivity contribution in [1.29, 1.82) is 0 Å². The van der Waals surface area contributed by atoms with Crippen LogP contribution < -0.4 is 30.9 Å². The normalized spacial score (nSPS) is 29.0. The Bertz CT molecular complexity index is 1240. The number of piperidine rings is 2. The largest absolute Gasteiger partial charge is 0.457 e. The first-order chi connectivity index (χ1) is 18.0. The van der Waals surface area contributed by atoms with Crippen molar-refractivity contribution in [1.82, 2.24) is 21.3 Å². The molecule has 2 aromatic carbocycles. The van der Waals surface area contributed by atoms with E-state index in [0.29, 0.717) is 10.9 Å². The maximum absolute atomic E-state index is 13.5. The molecule has 3 fully saturated rings. The van der Waals surface area contributed by atoms with Crippen LogP contribution >= 0.6 is 11.8 Å². The van der Waals surface area contributed by atoms with Crippen molar-refractivity contribution in [3.63, 3.8) is 0 Å². The molecule has 0 saturated carbocycles. The minimum Gasteiger partial charge on any atom is -0.457 e. The molecule has 5 atom stereocenters. The molecule has 0 bridgehead atoms. The van der Waals surface area contributed by atoms with E-state index in [0.717, 1.165) is 60.8 Å². The highest BCUT2D eigenvalue weighted by atomic mass is 32.2. The van der Waals surface area contributed by atoms with Crippen molar-refractivity contribution < 1.29 is 14.3 Å². The molecule has 3 amide bonds. The maximum Gasteiger partial charge on any atom is 0.326 e. The van der Waals surface area contributed by atoms with Crippen molar-refractivity contribution >= 4 is 29.4 Å². The third-order valence-corrected chi connectivity index (χ3v) is 9.07. The molecule has 3 saturated heterocycles. The number of anilines is 1. The molecule has 194 valence electrons. The zero-order valence-corrected chi connectivity index (χ0v) is 21.9. The van der Waals surface area contributed by atoms with E-state index in [9.17, 15) is 9.59 Å². The van der Waals surface area contributed by atoms with Gasteiger partial charge in [0, 0.05) is 29.4 Å². The summed E-state index contributed by atoms with van der Waals surface area (Å²) in [6.45, 7) is 5.85. The van der Waals surface area contributed by atoms with Gasteiger partial charge >= 0.3 is 6.03 Å². The van der Waals surface area contributed by atoms with Gasteiger partial charge in [-0.3, -0.25) is 9.69 Å². The van der Waals surface area contributed by atoms with E-state index in [4.69, 9.17) is 4.74 Å². The van der Waals surface area contributed by atoms with Crippen LogP contribution in [0, 0.1) is 12.8 Å². The standard InChI is InChI=1S/C28H33N5O3S/c1-16-14-20(36-19-6-4-3-5-7-19)8-9-21(16)33-22-11-13-30-27-23(22)24(32-28(33)35)25(37-27)26(34)31-18-10-12-29-17(2)15-18/h3-9,14,17-18,22-23,27,29-30H,10-13,15H2,1-2H3,(H,31,34)(H,32,35)/t17?,18-,22?,23?,27?/m0/s1. The van der Waals surface area contributed by atoms with Crippen LogP contribution in [0.5, 0.6) is 11.5 Å². The van der Waals surface area contributed by atoms with Gasteiger partial charge in [-0.05, 0) is 82.1 Å². The molecule has 0 spiro atoms. The quantitative estimate of drug-likeness (QED) is 0.480. The monoisotopic (exact) mass is 519 g/mol. The molecule has 4 unspecified atom stereocenters. The molecular formula is C28H33N5O3S. The second-order valence-corrected chi connectivity index (χ2v) is 11.5. The van der Waals surface area contributed by atoms with Gasteiger partial charge in [0.05, 0.1) is 16.3 Å². The molecule has 37 heavy (non-hydrogen) atoms. The molecule has 6 rings (SSSR count). The number of aryl methyl sites for hydroxylation is 1. The SMILES string of the molecule is Cc1cc(Oc2ccccc2)ccc1N1C(=O)NC2=C(C(=O)N[C@H]3CCNC(C)C3)SC3NCCC1C23. The van der Waals surface area contributed by atoms with Crippen LogP contribution in [0.1, 0.15) is 31.7 Å². The van der Waals surface area contributed by atoms with Crippen LogP contribution in [-0.4, -0.2) is 48.5 Å². The number of para-hydroxylation sites is 1. The zero-order valence-electron chi connectivity index (χ0n) is 21.1. The third-order valence-electron chi connectivity index (χ3n) is 7.71. The molecule has 0 radical (unpaired) electrons. The minimum atomic E-state index is -0.181. The summed E-state index contributed by atoms with van der Waals surface area (Å²) in [6, 6.07) is 15.9. The number of thioether (sulfide) groups is 1. The van der Waals surface area contributed by atoms with E-state index in [1.807, 2.05) is 60.4 Å². The fourth-order valence-corrected chi connectivity index (χ4v) is 7.40. The molecule has 9 heteroatoms. The van der Waals surface area contributed by atoms with Crippen molar-refractivity contribution in [2.24, 2.45) is 5.92 Å². The predicted molar refractivity (Wildman–Crippen MR) is 146 cm³/mol. The molecule has 4 aliphatic rings. The topological polar surface area (TPSA) is 94.7 Å². The molecule has 8 nitrogen and oxygen atoms in total. The number of ether oxygens (including phenoxy) is 1. The summed E-state index contributed by atoms with van der Waals surface area (Å²) in [7, 11) is 0. The van der Waals surface area contributed by atoms with Gasteiger partial charge in [0.2, 0.25) is 0 Å². The van der Waals surface area contributed by atoms with Gasteiger partial charge in [-0.1, -0.05) is 30.0 Å². The Morgan fingerprint density at radius 2 is 1.89 bits per heavy atom. The van der Waals surface area contributed by atoms with Crippen LogP contribution in [0.4, 0.5) is 10.5 Å². The van der Waals surface area contributed by atoms with Crippen LogP contribution in [0.15, 0.2) is 59.1 Å². The summed E-state index contributed by atoms with van der Waals surface area (Å²) in [6.07, 6.45) is 2.65. The lowest BCUT2D eigenvalue weighted by Crippen LogP contribution is -2.62. The number of urea groups is 1. The molecule has 4 N–H and O–H groups in total. The Balaban J connectivity index is 1.24. The summed E-state index contributed by atoms with van der Waals surface area (Å²) in [4.78, 5) is 29.4. The number of carbonyl (C=O) groups excluding carboxylic acids is 2. The van der Waals surface area contributed by atoms with E-state index in [-0.39, 0.29) is 35.3 Å². The van der Waals surface area contributed by atoms with Crippen LogP contribution in [0.3, 0.4) is 0 Å². The van der Waals surface area contributed by atoms with Crippen molar-refractivity contribution in [2.45, 2.75) is 56.6 Å². The van der Waals surface area contributed by atoms with Crippen LogP contribution in [-0.2, 0) is 4.79 Å². The second-order valence-electron chi connectivity index (χ2n) is 10.3. The zero-order chi connectivity index (χ0) is 25.5. The van der Waals surface area contributed by atoms with E-state index < -0.39 is 0 Å². The smallest absolute Gasteiger partial charge is 0.326 e. The summed E-state index contributed by atoms with van der Waals surface area (Å²) in [5.41, 5.74) is 2.61. The third kappa shape index (κ3) is 4.71. The highest BCUT2D eigenvalue weighted by Gasteiger charge is 2.52. The Morgan fingerprint density at radius 1 is 1.08 bits per heavy atom. The Labute approximate surface area is 221 Å². The molecular weight excluding hydrogens is 486 g/mol. The number of hydrogen-bond donors (Lipinski definition) is 4. The lowest BCUT2D eigenvalue weighted by atomic mass is 9.86. The Hall–Kier alpha value is -3.01. The van der Waals surface area contributed by atoms with Gasteiger partial charge in [0.1, 0.15) is 11.5 Å². The lowest BCUT2D eigenvalue weighted by molar-refractivity contribution is -0.117. The maximum atomic E-state index is 13.5. The van der Waals surface area contributed by atoms with E-state index in [1.165, 1.54) is 0 Å². The van der Waals surface area contributed by atoms with Gasteiger partial charge in [0.15, 0.2) is 0 Å². The molecule has 0 aliphatic carbocycles. The summed E-state index contributed by atoms with van der Waals surface area (Å²) >= 11 is 1.56. The van der Waals surface area contributed by atoms with E-state index in [1.54, 1.807) is 11.8 Å². The average Bonchev–Trinajstić information content (AvgIpc) is 3.25. The Morgan fingerprint density at radius 3 is 2.68 bits per heavy atom. The van der Waals surface area contributed by atoms with E-state index in [2.05, 4.69) is 28.2 Å². The highest BCUT2D eigenvalue weighted by Crippen LogP contribution is 2.48. The lowest BCUT2D eigenvalue weighted by Gasteiger charge is -2.46. The van der Waals surface area contributed by atoms with Crippen molar-refractivity contribution in [3.05, 3.63) is 64.7 Å². The molecule has 2 aromatic rings. The minimum absolute atomic E-state index is 0.0219. The van der Waals surface area contributed by atoms with Gasteiger partial charge < -0.3 is 26.0 Å². The number of rotatable bonds is 5. The average molecular weight is 520 g/mol. The van der Waals surface area contributed by atoms with Gasteiger partial charge in [-0.2, -0.15) is 0 Å². The number of nitrogens with zero attached hydrogens (tertiary/aromatic N) is 1. The number of benzene rings is 2. The number of hydrogen-bond acceptors (Lipinski definition) is 6. The van der Waals surface area contributed by atoms with E-state index >= 15 is 0 Å². The Kier molecular flexibility index (Phi) is 6.60. The van der Waals surface area contributed by atoms with Crippen LogP contribution in [0.25, 0.3) is 0 Å². The first-order valence-corrected chi connectivity index (χ1v) is 14.0. The number of nitrogens with one attached hydrogen (secondary N) is 4.